The van der Waals surface area contributed by atoms with Crippen molar-refractivity contribution >= 4 is 17.7 Å². The molecular formula is C17H18N4O3S. The smallest absolute Gasteiger partial charge is 0.254 e. The number of hydrogen-bond acceptors (Lipinski definition) is 7. The first-order valence-corrected chi connectivity index (χ1v) is 8.73. The standard InChI is InChI=1S/C17H18N4O3S/c1-10-7-13(24-20-10)8-19-16(22)14-5-4-6-18-17(14)25-9-15-11(2)21-23-12(15)3/h4-7H,8-9H2,1-3H3,(H,19,22). The molecule has 0 atom stereocenters. The first-order chi connectivity index (χ1) is 12.0. The van der Waals surface area contributed by atoms with Gasteiger partial charge in [-0.2, -0.15) is 0 Å². The Bertz CT molecular complexity index is 868. The number of amides is 1. The second kappa shape index (κ2) is 7.52. The van der Waals surface area contributed by atoms with E-state index in [1.54, 1.807) is 24.4 Å². The molecule has 3 aromatic heterocycles. The summed E-state index contributed by atoms with van der Waals surface area (Å²) in [7, 11) is 0. The molecule has 3 aromatic rings. The maximum Gasteiger partial charge on any atom is 0.254 e. The molecule has 0 saturated heterocycles. The summed E-state index contributed by atoms with van der Waals surface area (Å²) in [6.45, 7) is 5.89. The number of aryl methyl sites for hydroxylation is 3. The number of aromatic nitrogens is 3. The largest absolute Gasteiger partial charge is 0.361 e. The van der Waals surface area contributed by atoms with E-state index in [4.69, 9.17) is 9.05 Å². The van der Waals surface area contributed by atoms with E-state index < -0.39 is 0 Å². The van der Waals surface area contributed by atoms with Gasteiger partial charge in [-0.1, -0.05) is 10.3 Å². The van der Waals surface area contributed by atoms with Crippen molar-refractivity contribution in [1.82, 2.24) is 20.6 Å². The van der Waals surface area contributed by atoms with Crippen LogP contribution in [-0.4, -0.2) is 21.2 Å². The molecule has 0 fully saturated rings. The van der Waals surface area contributed by atoms with Crippen LogP contribution in [-0.2, 0) is 12.3 Å². The Labute approximate surface area is 149 Å². The second-order valence-corrected chi connectivity index (χ2v) is 6.53. The van der Waals surface area contributed by atoms with E-state index in [9.17, 15) is 4.79 Å². The topological polar surface area (TPSA) is 94.1 Å². The molecule has 1 N–H and O–H groups in total. The number of rotatable bonds is 6. The fourth-order valence-electron chi connectivity index (χ4n) is 2.29. The molecule has 3 rings (SSSR count). The van der Waals surface area contributed by atoms with Gasteiger partial charge in [-0.05, 0) is 32.9 Å². The molecule has 0 radical (unpaired) electrons. The van der Waals surface area contributed by atoms with Gasteiger partial charge in [0.2, 0.25) is 0 Å². The lowest BCUT2D eigenvalue weighted by atomic mass is 10.2. The molecule has 25 heavy (non-hydrogen) atoms. The van der Waals surface area contributed by atoms with Gasteiger partial charge in [-0.15, -0.1) is 11.8 Å². The predicted octanol–water partition coefficient (Wildman–Crippen LogP) is 3.21. The third-order valence-electron chi connectivity index (χ3n) is 3.65. The normalized spacial score (nSPS) is 10.8. The lowest BCUT2D eigenvalue weighted by Crippen LogP contribution is -2.23. The van der Waals surface area contributed by atoms with Crippen LogP contribution >= 0.6 is 11.8 Å². The number of thioether (sulfide) groups is 1. The fraction of sp³-hybridized carbons (Fsp3) is 0.294. The zero-order chi connectivity index (χ0) is 17.8. The van der Waals surface area contributed by atoms with Crippen LogP contribution in [0, 0.1) is 20.8 Å². The van der Waals surface area contributed by atoms with Gasteiger partial charge in [-0.3, -0.25) is 4.79 Å². The molecule has 3 heterocycles. The van der Waals surface area contributed by atoms with Crippen LogP contribution < -0.4 is 5.32 Å². The minimum Gasteiger partial charge on any atom is -0.361 e. The summed E-state index contributed by atoms with van der Waals surface area (Å²) >= 11 is 1.48. The van der Waals surface area contributed by atoms with Crippen LogP contribution in [0.4, 0.5) is 0 Å². The van der Waals surface area contributed by atoms with E-state index in [0.29, 0.717) is 22.1 Å². The maximum absolute atomic E-state index is 12.5. The van der Waals surface area contributed by atoms with Gasteiger partial charge in [0.15, 0.2) is 5.76 Å². The monoisotopic (exact) mass is 358 g/mol. The summed E-state index contributed by atoms with van der Waals surface area (Å²) < 4.78 is 10.3. The molecule has 0 saturated carbocycles. The van der Waals surface area contributed by atoms with Crippen LogP contribution in [0.1, 0.15) is 38.8 Å². The van der Waals surface area contributed by atoms with Crippen LogP contribution in [0.2, 0.25) is 0 Å². The molecule has 7 nitrogen and oxygen atoms in total. The molecule has 0 aromatic carbocycles. The molecule has 0 unspecified atom stereocenters. The molecule has 1 amide bonds. The lowest BCUT2D eigenvalue weighted by Gasteiger charge is -2.08. The summed E-state index contributed by atoms with van der Waals surface area (Å²) in [6.07, 6.45) is 1.67. The van der Waals surface area contributed by atoms with Gasteiger partial charge in [-0.25, -0.2) is 4.98 Å². The van der Waals surface area contributed by atoms with Gasteiger partial charge in [0.05, 0.1) is 23.5 Å². The van der Waals surface area contributed by atoms with E-state index >= 15 is 0 Å². The molecule has 8 heteroatoms. The third-order valence-corrected chi connectivity index (χ3v) is 4.68. The van der Waals surface area contributed by atoms with Gasteiger partial charge in [0.1, 0.15) is 10.8 Å². The first kappa shape index (κ1) is 17.2. The number of carbonyl (C=O) groups excluding carboxylic acids is 1. The molecule has 0 aliphatic carbocycles. The molecular weight excluding hydrogens is 340 g/mol. The Balaban J connectivity index is 1.68. The molecule has 0 aliphatic heterocycles. The maximum atomic E-state index is 12.5. The molecule has 0 aliphatic rings. The zero-order valence-electron chi connectivity index (χ0n) is 14.2. The van der Waals surface area contributed by atoms with Crippen molar-refractivity contribution in [3.63, 3.8) is 0 Å². The van der Waals surface area contributed by atoms with Crippen molar-refractivity contribution in [2.75, 3.05) is 0 Å². The van der Waals surface area contributed by atoms with Crippen LogP contribution in [0.15, 0.2) is 38.5 Å². The number of nitrogens with one attached hydrogen (secondary N) is 1. The summed E-state index contributed by atoms with van der Waals surface area (Å²) in [5.74, 6) is 1.83. The van der Waals surface area contributed by atoms with Crippen molar-refractivity contribution < 1.29 is 13.8 Å². The number of hydrogen-bond donors (Lipinski definition) is 1. The first-order valence-electron chi connectivity index (χ1n) is 7.74. The fourth-order valence-corrected chi connectivity index (χ4v) is 3.43. The van der Waals surface area contributed by atoms with Crippen molar-refractivity contribution in [2.24, 2.45) is 0 Å². The minimum absolute atomic E-state index is 0.205. The lowest BCUT2D eigenvalue weighted by molar-refractivity contribution is 0.0943. The second-order valence-electron chi connectivity index (χ2n) is 5.56. The summed E-state index contributed by atoms with van der Waals surface area (Å²) in [5, 5.41) is 11.2. The predicted molar refractivity (Wildman–Crippen MR) is 92.2 cm³/mol. The Hall–Kier alpha value is -2.61. The average molecular weight is 358 g/mol. The third kappa shape index (κ3) is 4.08. The van der Waals surface area contributed by atoms with E-state index in [0.717, 1.165) is 22.7 Å². The average Bonchev–Trinajstić information content (AvgIpc) is 3.17. The summed E-state index contributed by atoms with van der Waals surface area (Å²) in [5.41, 5.74) is 3.18. The summed E-state index contributed by atoms with van der Waals surface area (Å²) in [4.78, 5) is 16.8. The van der Waals surface area contributed by atoms with Crippen molar-refractivity contribution in [3.8, 4) is 0 Å². The van der Waals surface area contributed by atoms with E-state index in [2.05, 4.69) is 20.6 Å². The Morgan fingerprint density at radius 1 is 1.24 bits per heavy atom. The highest BCUT2D eigenvalue weighted by molar-refractivity contribution is 7.98. The molecule has 130 valence electrons. The quantitative estimate of drug-likeness (QED) is 0.676. The van der Waals surface area contributed by atoms with Crippen molar-refractivity contribution in [1.29, 1.82) is 0 Å². The van der Waals surface area contributed by atoms with E-state index in [1.165, 1.54) is 11.8 Å². The van der Waals surface area contributed by atoms with E-state index in [-0.39, 0.29) is 12.5 Å². The van der Waals surface area contributed by atoms with Crippen LogP contribution in [0.5, 0.6) is 0 Å². The highest BCUT2D eigenvalue weighted by Gasteiger charge is 2.16. The number of carbonyl (C=O) groups is 1. The van der Waals surface area contributed by atoms with Crippen LogP contribution in [0.3, 0.4) is 0 Å². The Morgan fingerprint density at radius 2 is 2.08 bits per heavy atom. The number of nitrogens with zero attached hydrogens (tertiary/aromatic N) is 3. The van der Waals surface area contributed by atoms with Gasteiger partial charge in [0, 0.05) is 23.6 Å². The van der Waals surface area contributed by atoms with Crippen LogP contribution in [0.25, 0.3) is 0 Å². The SMILES string of the molecule is Cc1cc(CNC(=O)c2cccnc2SCc2c(C)noc2C)on1. The Kier molecular flexibility index (Phi) is 5.18. The number of pyridine rings is 1. The minimum atomic E-state index is -0.205. The van der Waals surface area contributed by atoms with Gasteiger partial charge < -0.3 is 14.4 Å². The van der Waals surface area contributed by atoms with E-state index in [1.807, 2.05) is 20.8 Å². The summed E-state index contributed by atoms with van der Waals surface area (Å²) in [6, 6.07) is 5.29. The van der Waals surface area contributed by atoms with Crippen molar-refractivity contribution in [2.45, 2.75) is 38.1 Å². The molecule has 0 spiro atoms. The highest BCUT2D eigenvalue weighted by atomic mass is 32.2. The highest BCUT2D eigenvalue weighted by Crippen LogP contribution is 2.27. The van der Waals surface area contributed by atoms with Gasteiger partial charge >= 0.3 is 0 Å². The van der Waals surface area contributed by atoms with Crippen molar-refractivity contribution in [3.05, 3.63) is 58.4 Å². The zero-order valence-corrected chi connectivity index (χ0v) is 15.0. The van der Waals surface area contributed by atoms with Gasteiger partial charge in [0.25, 0.3) is 5.91 Å². The molecule has 0 bridgehead atoms. The Morgan fingerprint density at radius 3 is 2.76 bits per heavy atom.